The van der Waals surface area contributed by atoms with Crippen molar-refractivity contribution in [3.8, 4) is 0 Å². The number of nitrogens with zero attached hydrogens (tertiary/aromatic N) is 1. The molecule has 1 aromatic carbocycles. The smallest absolute Gasteiger partial charge is 0.142 e. The molecule has 0 atom stereocenters. The van der Waals surface area contributed by atoms with Gasteiger partial charge in [-0.3, -0.25) is 0 Å². The number of aryl methyl sites for hydroxylation is 1. The summed E-state index contributed by atoms with van der Waals surface area (Å²) in [6, 6.07) is 10.2. The van der Waals surface area contributed by atoms with Gasteiger partial charge in [-0.1, -0.05) is 12.1 Å². The number of hydrogen-bond acceptors (Lipinski definition) is 4. The van der Waals surface area contributed by atoms with Gasteiger partial charge in [0.2, 0.25) is 0 Å². The maximum absolute atomic E-state index is 13.3. The predicted octanol–water partition coefficient (Wildman–Crippen LogP) is 2.56. The Labute approximate surface area is 98.6 Å². The molecule has 0 bridgehead atoms. The number of nitrogens with one attached hydrogen (secondary N) is 2. The molecule has 2 aromatic rings. The highest BCUT2D eigenvalue weighted by Crippen LogP contribution is 2.18. The minimum absolute atomic E-state index is 0.247. The van der Waals surface area contributed by atoms with E-state index in [2.05, 4.69) is 15.7 Å². The molecule has 0 radical (unpaired) electrons. The van der Waals surface area contributed by atoms with Crippen LogP contribution < -0.4 is 16.6 Å². The fourth-order valence-electron chi connectivity index (χ4n) is 1.40. The van der Waals surface area contributed by atoms with Crippen LogP contribution in [0, 0.1) is 12.7 Å². The van der Waals surface area contributed by atoms with Crippen molar-refractivity contribution in [1.29, 1.82) is 0 Å². The molecule has 0 fully saturated rings. The van der Waals surface area contributed by atoms with E-state index in [1.54, 1.807) is 37.3 Å². The molecule has 17 heavy (non-hydrogen) atoms. The Bertz CT molecular complexity index is 528. The van der Waals surface area contributed by atoms with Crippen molar-refractivity contribution in [2.24, 2.45) is 5.84 Å². The Balaban J connectivity index is 2.22. The lowest BCUT2D eigenvalue weighted by Crippen LogP contribution is -2.08. The maximum Gasteiger partial charge on any atom is 0.142 e. The van der Waals surface area contributed by atoms with E-state index in [4.69, 9.17) is 5.84 Å². The van der Waals surface area contributed by atoms with Crippen molar-refractivity contribution in [2.45, 2.75) is 6.92 Å². The van der Waals surface area contributed by atoms with Gasteiger partial charge in [0.25, 0.3) is 0 Å². The quantitative estimate of drug-likeness (QED) is 0.562. The van der Waals surface area contributed by atoms with Crippen molar-refractivity contribution >= 4 is 17.3 Å². The van der Waals surface area contributed by atoms with Crippen molar-refractivity contribution in [3.63, 3.8) is 0 Å². The predicted molar refractivity (Wildman–Crippen MR) is 66.5 cm³/mol. The molecule has 0 aliphatic heterocycles. The Morgan fingerprint density at radius 2 is 1.94 bits per heavy atom. The molecule has 0 amide bonds. The molecule has 4 nitrogen and oxygen atoms in total. The average molecular weight is 232 g/mol. The van der Waals surface area contributed by atoms with E-state index >= 15 is 0 Å². The zero-order chi connectivity index (χ0) is 12.3. The van der Waals surface area contributed by atoms with Gasteiger partial charge in [0.15, 0.2) is 0 Å². The Morgan fingerprint density at radius 3 is 2.65 bits per heavy atom. The third-order valence-electron chi connectivity index (χ3n) is 2.34. The summed E-state index contributed by atoms with van der Waals surface area (Å²) < 4.78 is 13.3. The number of hydrazine groups is 1. The van der Waals surface area contributed by atoms with Crippen LogP contribution in [0.2, 0.25) is 0 Å². The number of benzene rings is 1. The first-order chi connectivity index (χ1) is 8.19. The second-order valence-corrected chi connectivity index (χ2v) is 3.64. The SMILES string of the molecule is Cc1ccc(Nc2cccc(NN)n2)cc1F. The summed E-state index contributed by atoms with van der Waals surface area (Å²) in [4.78, 5) is 4.17. The van der Waals surface area contributed by atoms with Gasteiger partial charge in [0, 0.05) is 5.69 Å². The second-order valence-electron chi connectivity index (χ2n) is 3.64. The van der Waals surface area contributed by atoms with Gasteiger partial charge in [-0.05, 0) is 36.8 Å². The lowest BCUT2D eigenvalue weighted by molar-refractivity contribution is 0.619. The van der Waals surface area contributed by atoms with Crippen LogP contribution in [0.1, 0.15) is 5.56 Å². The lowest BCUT2D eigenvalue weighted by Gasteiger charge is -2.07. The van der Waals surface area contributed by atoms with Crippen LogP contribution in [0.3, 0.4) is 0 Å². The van der Waals surface area contributed by atoms with Crippen LogP contribution in [0.15, 0.2) is 36.4 Å². The molecule has 88 valence electrons. The van der Waals surface area contributed by atoms with Crippen molar-refractivity contribution in [1.82, 2.24) is 4.98 Å². The summed E-state index contributed by atoms with van der Waals surface area (Å²) in [5.41, 5.74) is 3.71. The Kier molecular flexibility index (Phi) is 3.20. The summed E-state index contributed by atoms with van der Waals surface area (Å²) in [5, 5.41) is 3.00. The number of nitrogens with two attached hydrogens (primary N) is 1. The second kappa shape index (κ2) is 4.80. The molecule has 5 heteroatoms. The summed E-state index contributed by atoms with van der Waals surface area (Å²) in [5.74, 6) is 6.15. The Hall–Kier alpha value is -2.14. The molecular weight excluding hydrogens is 219 g/mol. The molecule has 0 aliphatic rings. The molecule has 4 N–H and O–H groups in total. The number of halogens is 1. The molecule has 0 aliphatic carbocycles. The van der Waals surface area contributed by atoms with E-state index < -0.39 is 0 Å². The molecule has 1 aromatic heterocycles. The van der Waals surface area contributed by atoms with Gasteiger partial charge < -0.3 is 10.7 Å². The highest BCUT2D eigenvalue weighted by atomic mass is 19.1. The molecule has 1 heterocycles. The van der Waals surface area contributed by atoms with E-state index in [1.807, 2.05) is 0 Å². The van der Waals surface area contributed by atoms with Gasteiger partial charge in [0.05, 0.1) is 0 Å². The summed E-state index contributed by atoms with van der Waals surface area (Å²) >= 11 is 0. The van der Waals surface area contributed by atoms with Crippen LogP contribution in [-0.2, 0) is 0 Å². The minimum atomic E-state index is -0.247. The summed E-state index contributed by atoms with van der Waals surface area (Å²) in [6.45, 7) is 1.72. The zero-order valence-corrected chi connectivity index (χ0v) is 9.37. The number of anilines is 3. The number of rotatable bonds is 3. The van der Waals surface area contributed by atoms with E-state index in [0.717, 1.165) is 0 Å². The zero-order valence-electron chi connectivity index (χ0n) is 9.37. The molecule has 0 saturated carbocycles. The lowest BCUT2D eigenvalue weighted by atomic mass is 10.2. The van der Waals surface area contributed by atoms with Gasteiger partial charge in [-0.25, -0.2) is 15.2 Å². The molecule has 0 saturated heterocycles. The molecular formula is C12H13FN4. The first-order valence-corrected chi connectivity index (χ1v) is 5.16. The highest BCUT2D eigenvalue weighted by Gasteiger charge is 2.01. The monoisotopic (exact) mass is 232 g/mol. The summed E-state index contributed by atoms with van der Waals surface area (Å²) in [7, 11) is 0. The molecule has 0 unspecified atom stereocenters. The van der Waals surface area contributed by atoms with E-state index in [0.29, 0.717) is 22.9 Å². The Morgan fingerprint density at radius 1 is 1.18 bits per heavy atom. The first-order valence-electron chi connectivity index (χ1n) is 5.16. The molecule has 0 spiro atoms. The minimum Gasteiger partial charge on any atom is -0.340 e. The van der Waals surface area contributed by atoms with Gasteiger partial charge in [-0.15, -0.1) is 0 Å². The normalized spacial score (nSPS) is 10.1. The third kappa shape index (κ3) is 2.70. The van der Waals surface area contributed by atoms with Crippen LogP contribution in [0.5, 0.6) is 0 Å². The third-order valence-corrected chi connectivity index (χ3v) is 2.34. The number of hydrogen-bond donors (Lipinski definition) is 3. The number of nitrogen functional groups attached to an aromatic ring is 1. The van der Waals surface area contributed by atoms with Crippen molar-refractivity contribution < 1.29 is 4.39 Å². The van der Waals surface area contributed by atoms with Gasteiger partial charge >= 0.3 is 0 Å². The largest absolute Gasteiger partial charge is 0.340 e. The number of pyridine rings is 1. The average Bonchev–Trinajstić information content (AvgIpc) is 2.34. The first kappa shape index (κ1) is 11.3. The van der Waals surface area contributed by atoms with Gasteiger partial charge in [-0.2, -0.15) is 0 Å². The highest BCUT2D eigenvalue weighted by molar-refractivity contribution is 5.58. The van der Waals surface area contributed by atoms with Crippen molar-refractivity contribution in [3.05, 3.63) is 47.8 Å². The van der Waals surface area contributed by atoms with E-state index in [9.17, 15) is 4.39 Å². The fourth-order valence-corrected chi connectivity index (χ4v) is 1.40. The van der Waals surface area contributed by atoms with Crippen LogP contribution in [0.4, 0.5) is 21.7 Å². The van der Waals surface area contributed by atoms with Gasteiger partial charge in [0.1, 0.15) is 17.5 Å². The molecule has 2 rings (SSSR count). The van der Waals surface area contributed by atoms with Crippen LogP contribution >= 0.6 is 0 Å². The maximum atomic E-state index is 13.3. The van der Waals surface area contributed by atoms with E-state index in [1.165, 1.54) is 6.07 Å². The van der Waals surface area contributed by atoms with Crippen molar-refractivity contribution in [2.75, 3.05) is 10.7 Å². The van der Waals surface area contributed by atoms with E-state index in [-0.39, 0.29) is 5.82 Å². The topological polar surface area (TPSA) is 63.0 Å². The summed E-state index contributed by atoms with van der Waals surface area (Å²) in [6.07, 6.45) is 0. The standard InChI is InChI=1S/C12H13FN4/c1-8-5-6-9(7-10(8)13)15-11-3-2-4-12(16-11)17-14/h2-7H,14H2,1H3,(H2,15,16,17). The van der Waals surface area contributed by atoms with Crippen LogP contribution in [0.25, 0.3) is 0 Å². The number of aromatic nitrogens is 1. The van der Waals surface area contributed by atoms with Crippen LogP contribution in [-0.4, -0.2) is 4.98 Å². The fraction of sp³-hybridized carbons (Fsp3) is 0.0833.